The number of carboxylic acids is 1. The number of carboxylic acid groups (broad SMARTS) is 1. The van der Waals surface area contributed by atoms with Gasteiger partial charge in [-0.15, -0.1) is 0 Å². The molecule has 1 aliphatic heterocycles. The van der Waals surface area contributed by atoms with Gasteiger partial charge in [0.05, 0.1) is 0 Å². The lowest BCUT2D eigenvalue weighted by atomic mass is 10.0. The van der Waals surface area contributed by atoms with Crippen LogP contribution in [0.5, 0.6) is 0 Å². The quantitative estimate of drug-likeness (QED) is 0.931. The predicted molar refractivity (Wildman–Crippen MR) is 89.8 cm³/mol. The Labute approximate surface area is 139 Å². The Kier molecular flexibility index (Phi) is 4.48. The maximum Gasteiger partial charge on any atom is 0.326 e. The number of anilines is 1. The van der Waals surface area contributed by atoms with Crippen LogP contribution in [-0.4, -0.2) is 33.6 Å². The number of carbonyl (C=O) groups is 1. The summed E-state index contributed by atoms with van der Waals surface area (Å²) in [5.74, 6) is 0.468. The maximum atomic E-state index is 11.5. The van der Waals surface area contributed by atoms with Gasteiger partial charge in [-0.05, 0) is 50.5 Å². The largest absolute Gasteiger partial charge is 0.480 e. The van der Waals surface area contributed by atoms with Gasteiger partial charge in [-0.3, -0.25) is 0 Å². The van der Waals surface area contributed by atoms with E-state index in [0.717, 1.165) is 24.1 Å². The molecule has 3 rings (SSSR count). The van der Waals surface area contributed by atoms with E-state index in [1.165, 1.54) is 0 Å². The Morgan fingerprint density at radius 3 is 2.70 bits per heavy atom. The van der Waals surface area contributed by atoms with Crippen molar-refractivity contribution in [3.05, 3.63) is 41.0 Å². The van der Waals surface area contributed by atoms with E-state index < -0.39 is 12.0 Å². The Hall–Kier alpha value is -2.14. The number of aliphatic carboxylic acids is 1. The Balaban J connectivity index is 1.99. The molecule has 1 fully saturated rings. The fourth-order valence-electron chi connectivity index (χ4n) is 2.89. The summed E-state index contributed by atoms with van der Waals surface area (Å²) < 4.78 is 0. The van der Waals surface area contributed by atoms with Crippen molar-refractivity contribution in [2.45, 2.75) is 32.2 Å². The number of halogens is 1. The molecule has 0 bridgehead atoms. The van der Waals surface area contributed by atoms with E-state index in [1.54, 1.807) is 12.1 Å². The molecule has 23 heavy (non-hydrogen) atoms. The SMILES string of the molecule is Cc1cc(N2CCCCC2C(=O)O)nc(-c2ccc(Cl)cc2)n1. The number of nitrogens with zero attached hydrogens (tertiary/aromatic N) is 3. The first kappa shape index (κ1) is 15.7. The van der Waals surface area contributed by atoms with Gasteiger partial charge >= 0.3 is 5.97 Å². The molecule has 0 radical (unpaired) electrons. The first-order valence-corrected chi connectivity index (χ1v) is 8.03. The van der Waals surface area contributed by atoms with Gasteiger partial charge in [0.15, 0.2) is 5.82 Å². The van der Waals surface area contributed by atoms with Crippen molar-refractivity contribution >= 4 is 23.4 Å². The van der Waals surface area contributed by atoms with E-state index in [1.807, 2.05) is 30.0 Å². The van der Waals surface area contributed by atoms with E-state index in [-0.39, 0.29) is 0 Å². The molecule has 0 saturated carbocycles. The van der Waals surface area contributed by atoms with E-state index in [4.69, 9.17) is 11.6 Å². The first-order valence-electron chi connectivity index (χ1n) is 7.65. The highest BCUT2D eigenvalue weighted by atomic mass is 35.5. The second-order valence-corrected chi connectivity index (χ2v) is 6.18. The average molecular weight is 332 g/mol. The molecule has 1 saturated heterocycles. The lowest BCUT2D eigenvalue weighted by Crippen LogP contribution is -2.45. The minimum atomic E-state index is -0.797. The number of aromatic nitrogens is 2. The van der Waals surface area contributed by atoms with Crippen LogP contribution in [0.2, 0.25) is 5.02 Å². The van der Waals surface area contributed by atoms with Gasteiger partial charge in [0.2, 0.25) is 0 Å². The number of hydrogen-bond acceptors (Lipinski definition) is 4. The van der Waals surface area contributed by atoms with Crippen LogP contribution in [0.3, 0.4) is 0 Å². The lowest BCUT2D eigenvalue weighted by molar-refractivity contribution is -0.139. The molecule has 6 heteroatoms. The number of piperidine rings is 1. The van der Waals surface area contributed by atoms with Gasteiger partial charge in [0.25, 0.3) is 0 Å². The van der Waals surface area contributed by atoms with Crippen LogP contribution in [-0.2, 0) is 4.79 Å². The zero-order valence-corrected chi connectivity index (χ0v) is 13.6. The van der Waals surface area contributed by atoms with E-state index in [2.05, 4.69) is 9.97 Å². The fourth-order valence-corrected chi connectivity index (χ4v) is 3.02. The summed E-state index contributed by atoms with van der Waals surface area (Å²) in [7, 11) is 0. The van der Waals surface area contributed by atoms with Crippen LogP contribution >= 0.6 is 11.6 Å². The van der Waals surface area contributed by atoms with Crippen LogP contribution in [0.4, 0.5) is 5.82 Å². The highest BCUT2D eigenvalue weighted by Gasteiger charge is 2.29. The molecule has 1 aromatic heterocycles. The van der Waals surface area contributed by atoms with Gasteiger partial charge in [-0.25, -0.2) is 14.8 Å². The van der Waals surface area contributed by atoms with Crippen LogP contribution < -0.4 is 4.90 Å². The third kappa shape index (κ3) is 3.45. The van der Waals surface area contributed by atoms with Gasteiger partial charge < -0.3 is 10.0 Å². The fraction of sp³-hybridized carbons (Fsp3) is 0.353. The second kappa shape index (κ2) is 6.54. The highest BCUT2D eigenvalue weighted by molar-refractivity contribution is 6.30. The van der Waals surface area contributed by atoms with Gasteiger partial charge in [-0.1, -0.05) is 11.6 Å². The molecule has 0 spiro atoms. The number of rotatable bonds is 3. The molecule has 1 atom stereocenters. The minimum Gasteiger partial charge on any atom is -0.480 e. The van der Waals surface area contributed by atoms with Gasteiger partial charge in [0, 0.05) is 28.9 Å². The Bertz CT molecular complexity index is 718. The summed E-state index contributed by atoms with van der Waals surface area (Å²) in [6.45, 7) is 2.60. The molecule has 0 amide bonds. The standard InChI is InChI=1S/C17H18ClN3O2/c1-11-10-15(21-9-3-2-4-14(21)17(22)23)20-16(19-11)12-5-7-13(18)8-6-12/h5-8,10,14H,2-4,9H2,1H3,(H,22,23). The Morgan fingerprint density at radius 1 is 1.26 bits per heavy atom. The van der Waals surface area contributed by atoms with Crippen molar-refractivity contribution in [3.63, 3.8) is 0 Å². The van der Waals surface area contributed by atoms with E-state index in [0.29, 0.717) is 29.6 Å². The molecule has 1 aromatic carbocycles. The lowest BCUT2D eigenvalue weighted by Gasteiger charge is -2.34. The zero-order valence-electron chi connectivity index (χ0n) is 12.9. The smallest absolute Gasteiger partial charge is 0.326 e. The summed E-state index contributed by atoms with van der Waals surface area (Å²) in [6.07, 6.45) is 2.55. The molecular weight excluding hydrogens is 314 g/mol. The summed E-state index contributed by atoms with van der Waals surface area (Å²) in [4.78, 5) is 22.5. The van der Waals surface area contributed by atoms with Crippen LogP contribution in [0.15, 0.2) is 30.3 Å². The molecule has 2 aromatic rings. The molecule has 2 heterocycles. The summed E-state index contributed by atoms with van der Waals surface area (Å²) in [5.41, 5.74) is 1.68. The zero-order chi connectivity index (χ0) is 16.4. The maximum absolute atomic E-state index is 11.5. The number of aryl methyl sites for hydroxylation is 1. The minimum absolute atomic E-state index is 0.517. The van der Waals surface area contributed by atoms with Crippen molar-refractivity contribution in [3.8, 4) is 11.4 Å². The molecule has 120 valence electrons. The first-order chi connectivity index (χ1) is 11.0. The number of benzene rings is 1. The molecule has 1 N–H and O–H groups in total. The molecular formula is C17H18ClN3O2. The average Bonchev–Trinajstić information content (AvgIpc) is 2.55. The van der Waals surface area contributed by atoms with E-state index >= 15 is 0 Å². The van der Waals surface area contributed by atoms with E-state index in [9.17, 15) is 9.90 Å². The topological polar surface area (TPSA) is 66.3 Å². The molecule has 0 aliphatic carbocycles. The molecule has 1 aliphatic rings. The van der Waals surface area contributed by atoms with Crippen LogP contribution in [0.1, 0.15) is 25.0 Å². The van der Waals surface area contributed by atoms with Crippen molar-refractivity contribution < 1.29 is 9.90 Å². The summed E-state index contributed by atoms with van der Waals surface area (Å²) in [5, 5.41) is 10.1. The monoisotopic (exact) mass is 331 g/mol. The van der Waals surface area contributed by atoms with Crippen LogP contribution in [0, 0.1) is 6.92 Å². The third-order valence-corrected chi connectivity index (χ3v) is 4.28. The third-order valence-electron chi connectivity index (χ3n) is 4.03. The van der Waals surface area contributed by atoms with Crippen molar-refractivity contribution in [1.29, 1.82) is 0 Å². The highest BCUT2D eigenvalue weighted by Crippen LogP contribution is 2.26. The molecule has 1 unspecified atom stereocenters. The molecule has 5 nitrogen and oxygen atoms in total. The van der Waals surface area contributed by atoms with Crippen molar-refractivity contribution in [1.82, 2.24) is 9.97 Å². The number of hydrogen-bond donors (Lipinski definition) is 1. The van der Waals surface area contributed by atoms with Crippen molar-refractivity contribution in [2.24, 2.45) is 0 Å². The summed E-state index contributed by atoms with van der Waals surface area (Å²) >= 11 is 5.92. The normalized spacial score (nSPS) is 18.0. The predicted octanol–water partition coefficient (Wildman–Crippen LogP) is 3.55. The van der Waals surface area contributed by atoms with Crippen LogP contribution in [0.25, 0.3) is 11.4 Å². The Morgan fingerprint density at radius 2 is 2.00 bits per heavy atom. The van der Waals surface area contributed by atoms with Gasteiger partial charge in [0.1, 0.15) is 11.9 Å². The second-order valence-electron chi connectivity index (χ2n) is 5.74. The van der Waals surface area contributed by atoms with Gasteiger partial charge in [-0.2, -0.15) is 0 Å². The van der Waals surface area contributed by atoms with Crippen molar-refractivity contribution in [2.75, 3.05) is 11.4 Å². The summed E-state index contributed by atoms with van der Waals surface area (Å²) in [6, 6.07) is 8.65.